The van der Waals surface area contributed by atoms with Gasteiger partial charge in [0.05, 0.1) is 0 Å². The number of aromatic nitrogens is 2. The molecule has 6 nitrogen and oxygen atoms in total. The highest BCUT2D eigenvalue weighted by molar-refractivity contribution is 7.08. The minimum absolute atomic E-state index is 0.121. The van der Waals surface area contributed by atoms with Crippen molar-refractivity contribution >= 4 is 34.5 Å². The fourth-order valence-corrected chi connectivity index (χ4v) is 3.93. The number of halogens is 1. The highest BCUT2D eigenvalue weighted by Gasteiger charge is 2.22. The second-order valence-electron chi connectivity index (χ2n) is 6.36. The predicted octanol–water partition coefficient (Wildman–Crippen LogP) is 3.73. The monoisotopic (exact) mass is 402 g/mol. The van der Waals surface area contributed by atoms with Crippen LogP contribution in [0.1, 0.15) is 12.3 Å². The Morgan fingerprint density at radius 2 is 2.04 bits per heavy atom. The zero-order valence-corrected chi connectivity index (χ0v) is 16.2. The van der Waals surface area contributed by atoms with E-state index in [1.54, 1.807) is 11.3 Å². The molecule has 140 valence electrons. The number of thiophene rings is 1. The molecule has 2 aromatic heterocycles. The number of amides is 1. The Hall–Kier alpha value is -2.38. The summed E-state index contributed by atoms with van der Waals surface area (Å²) in [5, 5.41) is 12.7. The standard InChI is InChI=1S/C19H19ClN4O2S/c20-15-2-1-3-16(12-15)23-7-9-24(10-8-23)18(25)5-4-17-21-22-19(26-17)14-6-11-27-13-14/h1-3,6,11-13H,4-5,7-10H2. The first kappa shape index (κ1) is 18.0. The van der Waals surface area contributed by atoms with Crippen molar-refractivity contribution in [2.24, 2.45) is 0 Å². The van der Waals surface area contributed by atoms with Gasteiger partial charge in [-0.2, -0.15) is 11.3 Å². The van der Waals surface area contributed by atoms with Crippen molar-refractivity contribution in [3.8, 4) is 11.5 Å². The van der Waals surface area contributed by atoms with Gasteiger partial charge in [0.1, 0.15) is 0 Å². The van der Waals surface area contributed by atoms with Gasteiger partial charge in [-0.25, -0.2) is 0 Å². The first-order valence-corrected chi connectivity index (χ1v) is 10.1. The molecular formula is C19H19ClN4O2S. The van der Waals surface area contributed by atoms with Gasteiger partial charge in [0.2, 0.25) is 17.7 Å². The first-order valence-electron chi connectivity index (χ1n) is 8.82. The van der Waals surface area contributed by atoms with Crippen LogP contribution < -0.4 is 4.90 Å². The largest absolute Gasteiger partial charge is 0.421 e. The number of benzene rings is 1. The molecule has 0 saturated carbocycles. The summed E-state index contributed by atoms with van der Waals surface area (Å²) in [6.07, 6.45) is 0.840. The number of hydrogen-bond acceptors (Lipinski definition) is 6. The molecule has 1 amide bonds. The number of hydrogen-bond donors (Lipinski definition) is 0. The zero-order chi connectivity index (χ0) is 18.6. The van der Waals surface area contributed by atoms with Crippen LogP contribution in [0.5, 0.6) is 0 Å². The second kappa shape index (κ2) is 8.10. The Morgan fingerprint density at radius 1 is 1.19 bits per heavy atom. The van der Waals surface area contributed by atoms with Crippen LogP contribution >= 0.6 is 22.9 Å². The fourth-order valence-electron chi connectivity index (χ4n) is 3.12. The van der Waals surface area contributed by atoms with Gasteiger partial charge in [-0.3, -0.25) is 4.79 Å². The maximum Gasteiger partial charge on any atom is 0.248 e. The van der Waals surface area contributed by atoms with Crippen molar-refractivity contribution in [2.75, 3.05) is 31.1 Å². The van der Waals surface area contributed by atoms with E-state index >= 15 is 0 Å². The Labute approximate surface area is 166 Å². The average Bonchev–Trinajstić information content (AvgIpc) is 3.38. The molecule has 0 radical (unpaired) electrons. The third-order valence-electron chi connectivity index (χ3n) is 4.59. The summed E-state index contributed by atoms with van der Waals surface area (Å²) >= 11 is 7.65. The summed E-state index contributed by atoms with van der Waals surface area (Å²) < 4.78 is 5.64. The topological polar surface area (TPSA) is 62.5 Å². The number of piperazine rings is 1. The molecular weight excluding hydrogens is 384 g/mol. The summed E-state index contributed by atoms with van der Waals surface area (Å²) in [6, 6.07) is 9.76. The Morgan fingerprint density at radius 3 is 2.78 bits per heavy atom. The first-order chi connectivity index (χ1) is 13.2. The summed E-state index contributed by atoms with van der Waals surface area (Å²) in [4.78, 5) is 16.7. The SMILES string of the molecule is O=C(CCc1nnc(-c2ccsc2)o1)N1CCN(c2cccc(Cl)c2)CC1. The van der Waals surface area contributed by atoms with Crippen molar-refractivity contribution in [3.05, 3.63) is 52.0 Å². The highest BCUT2D eigenvalue weighted by Crippen LogP contribution is 2.22. The summed E-state index contributed by atoms with van der Waals surface area (Å²) in [5.41, 5.74) is 2.02. The molecule has 0 spiro atoms. The summed E-state index contributed by atoms with van der Waals surface area (Å²) in [7, 11) is 0. The predicted molar refractivity (Wildman–Crippen MR) is 106 cm³/mol. The zero-order valence-electron chi connectivity index (χ0n) is 14.7. The van der Waals surface area contributed by atoms with Gasteiger partial charge in [0.25, 0.3) is 0 Å². The van der Waals surface area contributed by atoms with E-state index in [-0.39, 0.29) is 5.91 Å². The highest BCUT2D eigenvalue weighted by atomic mass is 35.5. The fraction of sp³-hybridized carbons (Fsp3) is 0.316. The maximum atomic E-state index is 12.5. The van der Waals surface area contributed by atoms with Crippen molar-refractivity contribution < 1.29 is 9.21 Å². The lowest BCUT2D eigenvalue weighted by molar-refractivity contribution is -0.131. The lowest BCUT2D eigenvalue weighted by Crippen LogP contribution is -2.48. The van der Waals surface area contributed by atoms with E-state index in [1.807, 2.05) is 46.0 Å². The average molecular weight is 403 g/mol. The van der Waals surface area contributed by atoms with Gasteiger partial charge in [0, 0.05) is 60.7 Å². The molecule has 0 unspecified atom stereocenters. The lowest BCUT2D eigenvalue weighted by atomic mass is 10.2. The van der Waals surface area contributed by atoms with Crippen molar-refractivity contribution in [2.45, 2.75) is 12.8 Å². The quantitative estimate of drug-likeness (QED) is 0.650. The molecule has 1 aliphatic heterocycles. The van der Waals surface area contributed by atoms with Gasteiger partial charge in [-0.05, 0) is 29.6 Å². The molecule has 0 atom stereocenters. The Balaban J connectivity index is 1.27. The molecule has 0 aliphatic carbocycles. The van der Waals surface area contributed by atoms with Crippen LogP contribution in [0.2, 0.25) is 5.02 Å². The van der Waals surface area contributed by atoms with E-state index in [4.69, 9.17) is 16.0 Å². The molecule has 27 heavy (non-hydrogen) atoms. The molecule has 4 rings (SSSR count). The van der Waals surface area contributed by atoms with Crippen LogP contribution in [0.15, 0.2) is 45.5 Å². The molecule has 1 saturated heterocycles. The van der Waals surface area contributed by atoms with E-state index < -0.39 is 0 Å². The minimum Gasteiger partial charge on any atom is -0.421 e. The van der Waals surface area contributed by atoms with E-state index in [0.717, 1.165) is 29.4 Å². The van der Waals surface area contributed by atoms with Gasteiger partial charge >= 0.3 is 0 Å². The number of carbonyl (C=O) groups excluding carboxylic acids is 1. The van der Waals surface area contributed by atoms with E-state index in [1.165, 1.54) is 0 Å². The molecule has 1 aliphatic rings. The Kier molecular flexibility index (Phi) is 5.40. The number of nitrogens with zero attached hydrogens (tertiary/aromatic N) is 4. The van der Waals surface area contributed by atoms with Crippen molar-refractivity contribution in [1.82, 2.24) is 15.1 Å². The van der Waals surface area contributed by atoms with Crippen LogP contribution in [0.25, 0.3) is 11.5 Å². The number of rotatable bonds is 5. The van der Waals surface area contributed by atoms with E-state index in [9.17, 15) is 4.79 Å². The van der Waals surface area contributed by atoms with Gasteiger partial charge < -0.3 is 14.2 Å². The van der Waals surface area contributed by atoms with Crippen molar-refractivity contribution in [1.29, 1.82) is 0 Å². The molecule has 8 heteroatoms. The Bertz CT molecular complexity index is 904. The molecule has 1 aromatic carbocycles. The number of anilines is 1. The summed E-state index contributed by atoms with van der Waals surface area (Å²) in [6.45, 7) is 3.01. The van der Waals surface area contributed by atoms with Crippen LogP contribution in [0, 0.1) is 0 Å². The molecule has 0 N–H and O–H groups in total. The van der Waals surface area contributed by atoms with Gasteiger partial charge in [0.15, 0.2) is 0 Å². The van der Waals surface area contributed by atoms with Crippen molar-refractivity contribution in [3.63, 3.8) is 0 Å². The lowest BCUT2D eigenvalue weighted by Gasteiger charge is -2.36. The molecule has 3 aromatic rings. The van der Waals surface area contributed by atoms with Gasteiger partial charge in [-0.15, -0.1) is 10.2 Å². The molecule has 3 heterocycles. The maximum absolute atomic E-state index is 12.5. The van der Waals surface area contributed by atoms with Gasteiger partial charge in [-0.1, -0.05) is 17.7 Å². The smallest absolute Gasteiger partial charge is 0.248 e. The third kappa shape index (κ3) is 4.31. The summed E-state index contributed by atoms with van der Waals surface area (Å²) in [5.74, 6) is 1.13. The van der Waals surface area contributed by atoms with E-state index in [2.05, 4.69) is 15.1 Å². The third-order valence-corrected chi connectivity index (χ3v) is 5.51. The van der Waals surface area contributed by atoms with Crippen LogP contribution in [-0.4, -0.2) is 47.2 Å². The second-order valence-corrected chi connectivity index (χ2v) is 7.58. The molecule has 1 fully saturated rings. The van der Waals surface area contributed by atoms with Crippen LogP contribution in [0.3, 0.4) is 0 Å². The van der Waals surface area contributed by atoms with Crippen LogP contribution in [-0.2, 0) is 11.2 Å². The minimum atomic E-state index is 0.121. The van der Waals surface area contributed by atoms with E-state index in [0.29, 0.717) is 37.7 Å². The number of aryl methyl sites for hydroxylation is 1. The van der Waals surface area contributed by atoms with Crippen LogP contribution in [0.4, 0.5) is 5.69 Å². The molecule has 0 bridgehead atoms. The normalized spacial score (nSPS) is 14.6. The number of carbonyl (C=O) groups is 1.